The fourth-order valence-electron chi connectivity index (χ4n) is 4.10. The lowest BCUT2D eigenvalue weighted by atomic mass is 10.2. The summed E-state index contributed by atoms with van der Waals surface area (Å²) in [7, 11) is 8.19. The summed E-state index contributed by atoms with van der Waals surface area (Å²) < 4.78 is 0. The van der Waals surface area contributed by atoms with E-state index in [2.05, 4.69) is 31.9 Å². The molecule has 0 aromatic carbocycles. The van der Waals surface area contributed by atoms with Gasteiger partial charge in [0.25, 0.3) is 0 Å². The quantitative estimate of drug-likeness (QED) is 0.0540. The molecule has 0 saturated carbocycles. The molecule has 0 aromatic heterocycles. The summed E-state index contributed by atoms with van der Waals surface area (Å²) in [6.07, 6.45) is 0. The molecule has 23 nitrogen and oxygen atoms in total. The summed E-state index contributed by atoms with van der Waals surface area (Å²) in [5.41, 5.74) is 0. The molecule has 0 bridgehead atoms. The molecule has 0 rings (SSSR count). The largest absolute Gasteiger partial charge is 0.480 e. The number of hydrogen-bond donors (Lipinski definition) is 7. The highest BCUT2D eigenvalue weighted by Crippen LogP contribution is 1.96. The third-order valence-electron chi connectivity index (χ3n) is 7.54. The maximum Gasteiger partial charge on any atom is 0.322 e. The average molecular weight is 772 g/mol. The number of aliphatic carboxylic acids is 1. The Morgan fingerprint density at radius 2 is 0.833 bits per heavy atom. The maximum atomic E-state index is 12.8. The van der Waals surface area contributed by atoms with Gasteiger partial charge >= 0.3 is 5.97 Å². The second-order valence-corrected chi connectivity index (χ2v) is 12.4. The standard InChI is InChI=1S/C31H53N11O12/c1-18(36-24(46)16-38(5)25(47)10-33-22(44)14-41(8)30(53)19(2)32-4)29(52)37-20(3)31(54)42(9)15-23(45)34-11-26(48)40(7)17-27(49)39(6)13-21(43)35-12-28(50)51/h18-20,32H,10-17H2,1-9H3,(H,33,44)(H,34,45)(H,35,43)(H,36,46)(H,37,52)(H,50,51). The van der Waals surface area contributed by atoms with Crippen LogP contribution in [0.4, 0.5) is 0 Å². The van der Waals surface area contributed by atoms with E-state index in [-0.39, 0.29) is 12.5 Å². The van der Waals surface area contributed by atoms with Gasteiger partial charge in [-0.3, -0.25) is 52.7 Å². The Labute approximate surface area is 312 Å². The van der Waals surface area contributed by atoms with Crippen LogP contribution in [0.15, 0.2) is 0 Å². The molecule has 10 amide bonds. The molecule has 3 unspecified atom stereocenters. The number of carbonyl (C=O) groups excluding carboxylic acids is 10. The average Bonchev–Trinajstić information content (AvgIpc) is 3.10. The van der Waals surface area contributed by atoms with Crippen LogP contribution < -0.4 is 31.9 Å². The predicted octanol–water partition coefficient (Wildman–Crippen LogP) is -6.67. The van der Waals surface area contributed by atoms with Crippen LogP contribution >= 0.6 is 0 Å². The molecule has 23 heteroatoms. The smallest absolute Gasteiger partial charge is 0.322 e. The SMILES string of the molecule is CNC(C)C(=O)N(C)CC(=O)NCC(=O)N(C)CC(=O)NC(C)C(=O)NC(C)C(=O)N(C)CC(=O)NCC(=O)N(C)CC(=O)N(C)CC(=O)NCC(=O)O. The zero-order valence-corrected chi connectivity index (χ0v) is 32.1. The van der Waals surface area contributed by atoms with E-state index in [1.54, 1.807) is 14.0 Å². The lowest BCUT2D eigenvalue weighted by Gasteiger charge is -2.24. The van der Waals surface area contributed by atoms with Crippen LogP contribution in [0, 0.1) is 0 Å². The molecule has 54 heavy (non-hydrogen) atoms. The highest BCUT2D eigenvalue weighted by molar-refractivity contribution is 5.95. The molecular formula is C31H53N11O12. The first-order valence-electron chi connectivity index (χ1n) is 16.5. The fraction of sp³-hybridized carbons (Fsp3) is 0.645. The predicted molar refractivity (Wildman–Crippen MR) is 189 cm³/mol. The van der Waals surface area contributed by atoms with Gasteiger partial charge in [-0.1, -0.05) is 0 Å². The van der Waals surface area contributed by atoms with E-state index in [1.165, 1.54) is 54.0 Å². The first-order chi connectivity index (χ1) is 25.0. The van der Waals surface area contributed by atoms with E-state index in [1.807, 2.05) is 0 Å². The lowest BCUT2D eigenvalue weighted by molar-refractivity contribution is -0.141. The first kappa shape index (κ1) is 48.1. The number of nitrogens with one attached hydrogen (secondary N) is 6. The normalized spacial score (nSPS) is 12.0. The number of carboxylic acids is 1. The fourth-order valence-corrected chi connectivity index (χ4v) is 4.10. The maximum absolute atomic E-state index is 12.8. The molecule has 0 heterocycles. The van der Waals surface area contributed by atoms with E-state index < -0.39 is 123 Å². The Morgan fingerprint density at radius 1 is 0.463 bits per heavy atom. The monoisotopic (exact) mass is 771 g/mol. The molecule has 7 N–H and O–H groups in total. The Hall–Kier alpha value is -5.87. The lowest BCUT2D eigenvalue weighted by Crippen LogP contribution is -2.54. The number of rotatable bonds is 22. The van der Waals surface area contributed by atoms with Crippen LogP contribution in [0.5, 0.6) is 0 Å². The number of hydrogen-bond acceptors (Lipinski definition) is 12. The van der Waals surface area contributed by atoms with Crippen molar-refractivity contribution >= 4 is 65.0 Å². The molecule has 0 radical (unpaired) electrons. The molecule has 304 valence electrons. The summed E-state index contributed by atoms with van der Waals surface area (Å²) >= 11 is 0. The molecule has 0 spiro atoms. The molecule has 0 fully saturated rings. The molecule has 0 aromatic rings. The summed E-state index contributed by atoms with van der Waals surface area (Å²) in [6.45, 7) is 0.603. The third-order valence-corrected chi connectivity index (χ3v) is 7.54. The summed E-state index contributed by atoms with van der Waals surface area (Å²) in [4.78, 5) is 139. The van der Waals surface area contributed by atoms with Crippen molar-refractivity contribution in [1.29, 1.82) is 0 Å². The van der Waals surface area contributed by atoms with Crippen molar-refractivity contribution in [3.8, 4) is 0 Å². The van der Waals surface area contributed by atoms with Crippen molar-refractivity contribution in [1.82, 2.24) is 56.4 Å². The van der Waals surface area contributed by atoms with E-state index in [0.717, 1.165) is 19.6 Å². The van der Waals surface area contributed by atoms with Crippen molar-refractivity contribution in [3.63, 3.8) is 0 Å². The van der Waals surface area contributed by atoms with E-state index >= 15 is 0 Å². The minimum absolute atomic E-state index is 0.284. The third kappa shape index (κ3) is 18.6. The second-order valence-electron chi connectivity index (χ2n) is 12.4. The summed E-state index contributed by atoms with van der Waals surface area (Å²) in [5.74, 6) is -7.66. The molecule has 0 aliphatic carbocycles. The number of carbonyl (C=O) groups is 11. The van der Waals surface area contributed by atoms with Crippen LogP contribution in [0.3, 0.4) is 0 Å². The number of carboxylic acid groups (broad SMARTS) is 1. The minimum Gasteiger partial charge on any atom is -0.480 e. The zero-order valence-electron chi connectivity index (χ0n) is 32.1. The Morgan fingerprint density at radius 3 is 1.28 bits per heavy atom. The Kier molecular flexibility index (Phi) is 21.1. The topological polar surface area (TPSA) is 296 Å². The van der Waals surface area contributed by atoms with E-state index in [9.17, 15) is 52.7 Å². The summed E-state index contributed by atoms with van der Waals surface area (Å²) in [6, 6.07) is -2.78. The molecule has 3 atom stereocenters. The molecule has 0 aliphatic heterocycles. The van der Waals surface area contributed by atoms with Gasteiger partial charge in [0.05, 0.1) is 51.9 Å². The van der Waals surface area contributed by atoms with Crippen molar-refractivity contribution in [2.24, 2.45) is 0 Å². The number of nitrogens with zero attached hydrogens (tertiary/aromatic N) is 5. The highest BCUT2D eigenvalue weighted by atomic mass is 16.4. The Balaban J connectivity index is 4.68. The minimum atomic E-state index is -1.26. The van der Waals surface area contributed by atoms with Crippen LogP contribution in [0.1, 0.15) is 20.8 Å². The van der Waals surface area contributed by atoms with Crippen molar-refractivity contribution in [3.05, 3.63) is 0 Å². The Bertz CT molecular complexity index is 1430. The van der Waals surface area contributed by atoms with Gasteiger partial charge in [0.1, 0.15) is 18.6 Å². The first-order valence-corrected chi connectivity index (χ1v) is 16.5. The number of likely N-dealkylation sites (N-methyl/N-ethyl adjacent to an activating group) is 6. The second kappa shape index (κ2) is 23.6. The van der Waals surface area contributed by atoms with Crippen molar-refractivity contribution < 1.29 is 57.8 Å². The van der Waals surface area contributed by atoms with E-state index in [4.69, 9.17) is 5.11 Å². The van der Waals surface area contributed by atoms with Gasteiger partial charge < -0.3 is 61.5 Å². The van der Waals surface area contributed by atoms with Gasteiger partial charge in [0, 0.05) is 35.2 Å². The zero-order chi connectivity index (χ0) is 41.9. The van der Waals surface area contributed by atoms with Gasteiger partial charge in [-0.25, -0.2) is 0 Å². The summed E-state index contributed by atoms with van der Waals surface area (Å²) in [5, 5.41) is 23.0. The van der Waals surface area contributed by atoms with Crippen LogP contribution in [-0.4, -0.2) is 207 Å². The highest BCUT2D eigenvalue weighted by Gasteiger charge is 2.26. The van der Waals surface area contributed by atoms with Gasteiger partial charge in [-0.05, 0) is 27.8 Å². The van der Waals surface area contributed by atoms with Crippen molar-refractivity contribution in [2.45, 2.75) is 38.9 Å². The molecule has 0 saturated heterocycles. The van der Waals surface area contributed by atoms with Crippen LogP contribution in [0.25, 0.3) is 0 Å². The number of amides is 10. The van der Waals surface area contributed by atoms with Crippen molar-refractivity contribution in [2.75, 3.05) is 94.6 Å². The molecule has 0 aliphatic rings. The van der Waals surface area contributed by atoms with Crippen LogP contribution in [0.2, 0.25) is 0 Å². The van der Waals surface area contributed by atoms with E-state index in [0.29, 0.717) is 0 Å². The van der Waals surface area contributed by atoms with Gasteiger partial charge in [-0.15, -0.1) is 0 Å². The van der Waals surface area contributed by atoms with Gasteiger partial charge in [0.15, 0.2) is 0 Å². The van der Waals surface area contributed by atoms with Gasteiger partial charge in [0.2, 0.25) is 59.1 Å². The van der Waals surface area contributed by atoms with Gasteiger partial charge in [-0.2, -0.15) is 0 Å². The molecular weight excluding hydrogens is 718 g/mol. The van der Waals surface area contributed by atoms with Crippen LogP contribution in [-0.2, 0) is 52.7 Å².